The zero-order valence-electron chi connectivity index (χ0n) is 18.2. The third kappa shape index (κ3) is 4.77. The van der Waals surface area contributed by atoms with E-state index in [2.05, 4.69) is 4.98 Å². The highest BCUT2D eigenvalue weighted by Gasteiger charge is 2.42. The minimum absolute atomic E-state index is 0.0644. The fourth-order valence-electron chi connectivity index (χ4n) is 3.82. The second kappa shape index (κ2) is 9.41. The molecule has 2 heterocycles. The van der Waals surface area contributed by atoms with Gasteiger partial charge in [-0.3, -0.25) is 9.69 Å². The first-order valence-corrected chi connectivity index (χ1v) is 12.7. The molecule has 0 aliphatic carbocycles. The maximum Gasteiger partial charge on any atom is 0.247 e. The Morgan fingerprint density at radius 3 is 2.55 bits per heavy atom. The summed E-state index contributed by atoms with van der Waals surface area (Å²) in [4.78, 5) is 21.3. The van der Waals surface area contributed by atoms with Crippen molar-refractivity contribution in [1.82, 2.24) is 14.2 Å². The lowest BCUT2D eigenvalue weighted by molar-refractivity contribution is -0.121. The van der Waals surface area contributed by atoms with E-state index in [-0.39, 0.29) is 23.5 Å². The Kier molecular flexibility index (Phi) is 6.76. The van der Waals surface area contributed by atoms with Crippen molar-refractivity contribution in [2.45, 2.75) is 23.8 Å². The molecule has 1 aliphatic heterocycles. The van der Waals surface area contributed by atoms with Gasteiger partial charge in [-0.25, -0.2) is 22.2 Å². The Morgan fingerprint density at radius 2 is 1.88 bits per heavy atom. The van der Waals surface area contributed by atoms with Gasteiger partial charge in [0.15, 0.2) is 5.13 Å². The van der Waals surface area contributed by atoms with E-state index in [0.717, 1.165) is 12.1 Å². The Bertz CT molecular complexity index is 1260. The standard InChI is InChI=1S/C22H24F2N4O3S2/c1-26(2)13-14-27(22-25-20-17(24)5-3-7-19(20)32-22)21(29)18-6-4-12-28(18)33(30,31)16-10-8-15(23)9-11-16/h3,5,7-11,18H,4,6,12-14H2,1-2H3. The summed E-state index contributed by atoms with van der Waals surface area (Å²) in [5.74, 6) is -1.42. The number of para-hydroxylation sites is 1. The molecule has 0 N–H and O–H groups in total. The lowest BCUT2D eigenvalue weighted by Gasteiger charge is -2.29. The molecule has 1 amide bonds. The van der Waals surface area contributed by atoms with Crippen LogP contribution in [-0.4, -0.2) is 68.3 Å². The first-order valence-electron chi connectivity index (χ1n) is 10.5. The number of sulfonamides is 1. The summed E-state index contributed by atoms with van der Waals surface area (Å²) in [6.07, 6.45) is 0.879. The summed E-state index contributed by atoms with van der Waals surface area (Å²) in [6, 6.07) is 8.27. The molecule has 1 unspecified atom stereocenters. The van der Waals surface area contributed by atoms with Crippen molar-refractivity contribution in [2.24, 2.45) is 0 Å². The highest BCUT2D eigenvalue weighted by atomic mass is 32.2. The topological polar surface area (TPSA) is 73.8 Å². The number of nitrogens with zero attached hydrogens (tertiary/aromatic N) is 4. The van der Waals surface area contributed by atoms with E-state index < -0.39 is 33.6 Å². The van der Waals surface area contributed by atoms with Gasteiger partial charge < -0.3 is 4.90 Å². The molecular weight excluding hydrogens is 470 g/mol. The number of likely N-dealkylation sites (N-methyl/N-ethyl adjacent to an activating group) is 1. The predicted molar refractivity (Wildman–Crippen MR) is 124 cm³/mol. The molecule has 0 spiro atoms. The number of fused-ring (bicyclic) bond motifs is 1. The van der Waals surface area contributed by atoms with Crippen LogP contribution in [0.15, 0.2) is 47.4 Å². The van der Waals surface area contributed by atoms with Gasteiger partial charge in [0.1, 0.15) is 23.2 Å². The Morgan fingerprint density at radius 1 is 1.15 bits per heavy atom. The molecule has 3 aromatic rings. The Balaban J connectivity index is 1.68. The second-order valence-electron chi connectivity index (χ2n) is 8.10. The molecule has 0 saturated carbocycles. The lowest BCUT2D eigenvalue weighted by atomic mass is 10.2. The number of hydrogen-bond donors (Lipinski definition) is 0. The fourth-order valence-corrected chi connectivity index (χ4v) is 6.48. The lowest BCUT2D eigenvalue weighted by Crippen LogP contribution is -2.49. The molecular formula is C22H24F2N4O3S2. The van der Waals surface area contributed by atoms with Gasteiger partial charge in [0, 0.05) is 19.6 Å². The zero-order chi connectivity index (χ0) is 23.8. The molecule has 33 heavy (non-hydrogen) atoms. The summed E-state index contributed by atoms with van der Waals surface area (Å²) >= 11 is 1.19. The van der Waals surface area contributed by atoms with Crippen LogP contribution in [0.5, 0.6) is 0 Å². The van der Waals surface area contributed by atoms with E-state index in [1.165, 1.54) is 38.7 Å². The fraction of sp³-hybridized carbons (Fsp3) is 0.364. The number of carbonyl (C=O) groups is 1. The average Bonchev–Trinajstić information content (AvgIpc) is 3.42. The van der Waals surface area contributed by atoms with Gasteiger partial charge in [-0.05, 0) is 63.3 Å². The molecule has 1 aliphatic rings. The minimum Gasteiger partial charge on any atom is -0.308 e. The van der Waals surface area contributed by atoms with E-state index >= 15 is 0 Å². The summed E-state index contributed by atoms with van der Waals surface area (Å²) in [5, 5.41) is 0.327. The van der Waals surface area contributed by atoms with Gasteiger partial charge in [0.05, 0.1) is 9.60 Å². The van der Waals surface area contributed by atoms with Crippen molar-refractivity contribution >= 4 is 42.6 Å². The second-order valence-corrected chi connectivity index (χ2v) is 11.0. The van der Waals surface area contributed by atoms with E-state index in [1.54, 1.807) is 12.1 Å². The van der Waals surface area contributed by atoms with Crippen molar-refractivity contribution in [2.75, 3.05) is 38.6 Å². The molecule has 4 rings (SSSR count). The molecule has 1 saturated heterocycles. The maximum absolute atomic E-state index is 14.2. The van der Waals surface area contributed by atoms with E-state index in [0.29, 0.717) is 29.2 Å². The summed E-state index contributed by atoms with van der Waals surface area (Å²) in [5.41, 5.74) is 0.183. The van der Waals surface area contributed by atoms with E-state index in [9.17, 15) is 22.0 Å². The minimum atomic E-state index is -4.00. The summed E-state index contributed by atoms with van der Waals surface area (Å²) in [7, 11) is -0.271. The molecule has 11 heteroatoms. The van der Waals surface area contributed by atoms with Crippen LogP contribution in [0, 0.1) is 11.6 Å². The third-order valence-corrected chi connectivity index (χ3v) is 8.50. The van der Waals surface area contributed by atoms with Crippen LogP contribution in [0.4, 0.5) is 13.9 Å². The van der Waals surface area contributed by atoms with Gasteiger partial charge >= 0.3 is 0 Å². The molecule has 2 aromatic carbocycles. The Hall–Kier alpha value is -2.47. The molecule has 1 aromatic heterocycles. The van der Waals surface area contributed by atoms with Crippen LogP contribution < -0.4 is 4.90 Å². The smallest absolute Gasteiger partial charge is 0.247 e. The quantitative estimate of drug-likeness (QED) is 0.504. The van der Waals surface area contributed by atoms with Crippen LogP contribution in [0.3, 0.4) is 0 Å². The van der Waals surface area contributed by atoms with Crippen LogP contribution in [-0.2, 0) is 14.8 Å². The van der Waals surface area contributed by atoms with E-state index in [4.69, 9.17) is 0 Å². The first-order chi connectivity index (χ1) is 15.7. The van der Waals surface area contributed by atoms with Crippen molar-refractivity contribution in [1.29, 1.82) is 0 Å². The number of anilines is 1. The van der Waals surface area contributed by atoms with Gasteiger partial charge in [0.2, 0.25) is 15.9 Å². The maximum atomic E-state index is 14.2. The van der Waals surface area contributed by atoms with Gasteiger partial charge in [-0.2, -0.15) is 4.31 Å². The highest BCUT2D eigenvalue weighted by Crippen LogP contribution is 2.33. The average molecular weight is 495 g/mol. The van der Waals surface area contributed by atoms with Crippen molar-refractivity contribution < 1.29 is 22.0 Å². The molecule has 1 atom stereocenters. The highest BCUT2D eigenvalue weighted by molar-refractivity contribution is 7.89. The number of benzene rings is 2. The largest absolute Gasteiger partial charge is 0.308 e. The molecule has 0 radical (unpaired) electrons. The number of amides is 1. The van der Waals surface area contributed by atoms with Crippen LogP contribution in [0.2, 0.25) is 0 Å². The Labute approximate surface area is 195 Å². The summed E-state index contributed by atoms with van der Waals surface area (Å²) < 4.78 is 55.8. The number of rotatable bonds is 7. The van der Waals surface area contributed by atoms with Gasteiger partial charge in [-0.15, -0.1) is 0 Å². The zero-order valence-corrected chi connectivity index (χ0v) is 19.9. The van der Waals surface area contributed by atoms with Crippen LogP contribution in [0.1, 0.15) is 12.8 Å². The number of hydrogen-bond acceptors (Lipinski definition) is 6. The number of aromatic nitrogens is 1. The van der Waals surface area contributed by atoms with E-state index in [1.807, 2.05) is 19.0 Å². The summed E-state index contributed by atoms with van der Waals surface area (Å²) in [6.45, 7) is 0.974. The van der Waals surface area contributed by atoms with Gasteiger partial charge in [-0.1, -0.05) is 17.4 Å². The molecule has 176 valence electrons. The van der Waals surface area contributed by atoms with Crippen molar-refractivity contribution in [3.8, 4) is 0 Å². The number of carbonyl (C=O) groups excluding carboxylic acids is 1. The number of halogens is 2. The van der Waals surface area contributed by atoms with Gasteiger partial charge in [0.25, 0.3) is 0 Å². The normalized spacial score (nSPS) is 17.2. The molecule has 0 bridgehead atoms. The molecule has 1 fully saturated rings. The number of thiazole rings is 1. The van der Waals surface area contributed by atoms with Crippen LogP contribution in [0.25, 0.3) is 10.2 Å². The van der Waals surface area contributed by atoms with Crippen molar-refractivity contribution in [3.05, 3.63) is 54.1 Å². The third-order valence-electron chi connectivity index (χ3n) is 5.54. The van der Waals surface area contributed by atoms with Crippen LogP contribution >= 0.6 is 11.3 Å². The molecule has 7 nitrogen and oxygen atoms in total. The monoisotopic (exact) mass is 494 g/mol. The predicted octanol–water partition coefficient (Wildman–Crippen LogP) is 3.32. The SMILES string of the molecule is CN(C)CCN(C(=O)C1CCCN1S(=O)(=O)c1ccc(F)cc1)c1nc2c(F)cccc2s1. The first kappa shape index (κ1) is 23.7. The van der Waals surface area contributed by atoms with Crippen molar-refractivity contribution in [3.63, 3.8) is 0 Å².